The zero-order chi connectivity index (χ0) is 40.5. The van der Waals surface area contributed by atoms with Gasteiger partial charge in [0, 0.05) is 33.2 Å². The summed E-state index contributed by atoms with van der Waals surface area (Å²) in [6, 6.07) is 81.4. The lowest BCUT2D eigenvalue weighted by molar-refractivity contribution is 1.07. The molecule has 11 aromatic rings. The predicted octanol–water partition coefficient (Wildman–Crippen LogP) is 14.6. The molecule has 0 saturated carbocycles. The van der Waals surface area contributed by atoms with Crippen molar-refractivity contribution in [1.29, 1.82) is 0 Å². The Morgan fingerprint density at radius 3 is 1.05 bits per heavy atom. The summed E-state index contributed by atoms with van der Waals surface area (Å²) in [7, 11) is 0. The van der Waals surface area contributed by atoms with Gasteiger partial charge in [0.2, 0.25) is 0 Å². The van der Waals surface area contributed by atoms with E-state index in [4.69, 9.17) is 15.0 Å². The number of benzene rings is 9. The quantitative estimate of drug-likeness (QED) is 0.154. The number of aromatic nitrogens is 4. The number of nitrogens with zero attached hydrogens (tertiary/aromatic N) is 4. The monoisotopic (exact) mass is 778 g/mol. The summed E-state index contributed by atoms with van der Waals surface area (Å²) in [5.41, 5.74) is 15.6. The highest BCUT2D eigenvalue weighted by Crippen LogP contribution is 2.39. The van der Waals surface area contributed by atoms with E-state index in [1.165, 1.54) is 44.2 Å². The maximum absolute atomic E-state index is 5.01. The van der Waals surface area contributed by atoms with Crippen molar-refractivity contribution in [1.82, 2.24) is 19.5 Å². The Hall–Kier alpha value is -8.21. The Bertz CT molecular complexity index is 3280. The predicted molar refractivity (Wildman–Crippen MR) is 252 cm³/mol. The molecule has 0 N–H and O–H groups in total. The third-order valence-electron chi connectivity index (χ3n) is 11.4. The second kappa shape index (κ2) is 15.5. The summed E-state index contributed by atoms with van der Waals surface area (Å²) in [6.45, 7) is 0. The fraction of sp³-hybridized carbons (Fsp3) is 0. The van der Waals surface area contributed by atoms with Crippen LogP contribution in [0.1, 0.15) is 0 Å². The molecule has 0 aliphatic carbocycles. The highest BCUT2D eigenvalue weighted by atomic mass is 15.0. The van der Waals surface area contributed by atoms with Gasteiger partial charge in [-0.3, -0.25) is 0 Å². The first-order valence-corrected chi connectivity index (χ1v) is 20.6. The molecular weight excluding hydrogens is 741 g/mol. The van der Waals surface area contributed by atoms with Crippen LogP contribution < -0.4 is 0 Å². The van der Waals surface area contributed by atoms with Crippen molar-refractivity contribution in [3.05, 3.63) is 231 Å². The average molecular weight is 779 g/mol. The van der Waals surface area contributed by atoms with E-state index in [1.54, 1.807) is 0 Å². The zero-order valence-electron chi connectivity index (χ0n) is 33.2. The third-order valence-corrected chi connectivity index (χ3v) is 11.4. The summed E-state index contributed by atoms with van der Waals surface area (Å²) in [5, 5.41) is 2.42. The van der Waals surface area contributed by atoms with E-state index in [2.05, 4.69) is 174 Å². The average Bonchev–Trinajstić information content (AvgIpc) is 3.68. The molecular formula is C57H38N4. The van der Waals surface area contributed by atoms with Crippen LogP contribution in [-0.4, -0.2) is 19.5 Å². The molecule has 286 valence electrons. The molecule has 2 heterocycles. The third kappa shape index (κ3) is 6.96. The van der Waals surface area contributed by atoms with Crippen LogP contribution >= 0.6 is 0 Å². The van der Waals surface area contributed by atoms with E-state index in [0.717, 1.165) is 44.5 Å². The van der Waals surface area contributed by atoms with Gasteiger partial charge in [0.1, 0.15) is 0 Å². The Labute approximate surface area is 354 Å². The Kier molecular flexibility index (Phi) is 9.14. The van der Waals surface area contributed by atoms with E-state index in [1.807, 2.05) is 60.7 Å². The second-order valence-electron chi connectivity index (χ2n) is 15.3. The van der Waals surface area contributed by atoms with Crippen molar-refractivity contribution < 1.29 is 0 Å². The first-order valence-electron chi connectivity index (χ1n) is 20.6. The van der Waals surface area contributed by atoms with Gasteiger partial charge < -0.3 is 4.57 Å². The summed E-state index contributed by atoms with van der Waals surface area (Å²) >= 11 is 0. The molecule has 0 unspecified atom stereocenters. The van der Waals surface area contributed by atoms with Gasteiger partial charge in [-0.1, -0.05) is 182 Å². The fourth-order valence-electron chi connectivity index (χ4n) is 8.40. The minimum Gasteiger partial charge on any atom is -0.309 e. The summed E-state index contributed by atoms with van der Waals surface area (Å²) in [6.07, 6.45) is 0. The van der Waals surface area contributed by atoms with Crippen molar-refractivity contribution in [2.45, 2.75) is 0 Å². The SMILES string of the molecule is c1ccc(-c2cccc(-c3ccc4c(c3)c3cc(-c5ccccc5)ccc3n4-c3cccc(-c4cccc(-c5nc(-c6ccccc6)nc(-c6ccccc6)n5)c4)c3)c2)cc1. The van der Waals surface area contributed by atoms with E-state index in [9.17, 15) is 0 Å². The van der Waals surface area contributed by atoms with Gasteiger partial charge in [-0.25, -0.2) is 15.0 Å². The van der Waals surface area contributed by atoms with Gasteiger partial charge in [0.25, 0.3) is 0 Å². The molecule has 2 aromatic heterocycles. The summed E-state index contributed by atoms with van der Waals surface area (Å²) < 4.78 is 2.40. The Morgan fingerprint density at radius 2 is 0.557 bits per heavy atom. The molecule has 0 aliphatic heterocycles. The molecule has 0 saturated heterocycles. The van der Waals surface area contributed by atoms with Crippen LogP contribution in [0.4, 0.5) is 0 Å². The maximum Gasteiger partial charge on any atom is 0.164 e. The van der Waals surface area contributed by atoms with Gasteiger partial charge in [-0.2, -0.15) is 0 Å². The number of hydrogen-bond acceptors (Lipinski definition) is 3. The van der Waals surface area contributed by atoms with E-state index in [0.29, 0.717) is 17.5 Å². The van der Waals surface area contributed by atoms with Gasteiger partial charge in [0.05, 0.1) is 11.0 Å². The summed E-state index contributed by atoms with van der Waals surface area (Å²) in [4.78, 5) is 14.9. The fourth-order valence-corrected chi connectivity index (χ4v) is 8.40. The van der Waals surface area contributed by atoms with Crippen molar-refractivity contribution in [3.8, 4) is 84.4 Å². The van der Waals surface area contributed by atoms with Gasteiger partial charge >= 0.3 is 0 Å². The Morgan fingerprint density at radius 1 is 0.230 bits per heavy atom. The largest absolute Gasteiger partial charge is 0.309 e. The number of fused-ring (bicyclic) bond motifs is 3. The van der Waals surface area contributed by atoms with E-state index < -0.39 is 0 Å². The molecule has 0 fully saturated rings. The normalized spacial score (nSPS) is 11.3. The molecule has 0 amide bonds. The molecule has 4 nitrogen and oxygen atoms in total. The summed E-state index contributed by atoms with van der Waals surface area (Å²) in [5.74, 6) is 1.92. The smallest absolute Gasteiger partial charge is 0.164 e. The minimum atomic E-state index is 0.632. The van der Waals surface area contributed by atoms with Crippen LogP contribution in [0.2, 0.25) is 0 Å². The van der Waals surface area contributed by atoms with Crippen LogP contribution in [0.3, 0.4) is 0 Å². The highest BCUT2D eigenvalue weighted by Gasteiger charge is 2.17. The molecule has 11 rings (SSSR count). The van der Waals surface area contributed by atoms with Crippen molar-refractivity contribution >= 4 is 21.8 Å². The highest BCUT2D eigenvalue weighted by molar-refractivity contribution is 6.11. The second-order valence-corrected chi connectivity index (χ2v) is 15.3. The molecule has 0 aliphatic rings. The molecule has 0 spiro atoms. The standard InChI is InChI=1S/C57H38N4/c1-5-16-39(17-6-1)43-24-13-25-44(34-43)48-31-33-54-52(38-48)51-37-47(40-18-7-2-8-19-40)30-32-53(51)61(54)50-29-15-27-46(36-50)45-26-14-28-49(35-45)57-59-55(41-20-9-3-10-21-41)58-56(60-57)42-22-11-4-12-23-42/h1-38H. The van der Waals surface area contributed by atoms with Gasteiger partial charge in [0.15, 0.2) is 17.5 Å². The molecule has 9 aromatic carbocycles. The molecule has 0 atom stereocenters. The first kappa shape index (κ1) is 35.9. The topological polar surface area (TPSA) is 43.6 Å². The number of hydrogen-bond donors (Lipinski definition) is 0. The molecule has 61 heavy (non-hydrogen) atoms. The van der Waals surface area contributed by atoms with Crippen LogP contribution in [0.5, 0.6) is 0 Å². The van der Waals surface area contributed by atoms with Gasteiger partial charge in [-0.05, 0) is 93.0 Å². The van der Waals surface area contributed by atoms with E-state index in [-0.39, 0.29) is 0 Å². The zero-order valence-corrected chi connectivity index (χ0v) is 33.2. The van der Waals surface area contributed by atoms with Crippen LogP contribution in [0.25, 0.3) is 106 Å². The van der Waals surface area contributed by atoms with Crippen LogP contribution in [0, 0.1) is 0 Å². The molecule has 4 heteroatoms. The lowest BCUT2D eigenvalue weighted by Gasteiger charge is -2.12. The van der Waals surface area contributed by atoms with E-state index >= 15 is 0 Å². The molecule has 0 radical (unpaired) electrons. The Balaban J connectivity index is 1.03. The van der Waals surface area contributed by atoms with Crippen molar-refractivity contribution in [2.75, 3.05) is 0 Å². The first-order chi connectivity index (χ1) is 30.2. The van der Waals surface area contributed by atoms with Crippen LogP contribution in [-0.2, 0) is 0 Å². The van der Waals surface area contributed by atoms with Crippen molar-refractivity contribution in [2.24, 2.45) is 0 Å². The minimum absolute atomic E-state index is 0.632. The number of rotatable bonds is 8. The van der Waals surface area contributed by atoms with Crippen molar-refractivity contribution in [3.63, 3.8) is 0 Å². The lowest BCUT2D eigenvalue weighted by Crippen LogP contribution is -2.00. The molecule has 0 bridgehead atoms. The van der Waals surface area contributed by atoms with Gasteiger partial charge in [-0.15, -0.1) is 0 Å². The maximum atomic E-state index is 5.01. The lowest BCUT2D eigenvalue weighted by atomic mass is 9.97. The van der Waals surface area contributed by atoms with Crippen LogP contribution in [0.15, 0.2) is 231 Å².